The highest BCUT2D eigenvalue weighted by Gasteiger charge is 2.57. The van der Waals surface area contributed by atoms with Gasteiger partial charge in [0.05, 0.1) is 30.2 Å². The number of aliphatic hydroxyl groups is 1. The molecule has 3 aliphatic rings. The molecule has 0 saturated carbocycles. The molecule has 4 atom stereocenters. The third-order valence-corrected chi connectivity index (χ3v) is 8.99. The number of benzene rings is 2. The predicted molar refractivity (Wildman–Crippen MR) is 163 cm³/mol. The molecule has 6 rings (SSSR count). The molecule has 3 heterocycles. The SMILES string of the molecule is CCC1=C2[C@@H](CC/C(=C/c3ccc(CO)o3)CC)OC[C@@H]2[C@@H]2C(=O)N(c3ccc(Nc4ccccc4)cc3)C(=O)[C@@H]2C1. The maximum absolute atomic E-state index is 13.9. The summed E-state index contributed by atoms with van der Waals surface area (Å²) in [7, 11) is 0. The van der Waals surface area contributed by atoms with E-state index in [0.29, 0.717) is 24.5 Å². The van der Waals surface area contributed by atoms with E-state index in [2.05, 4.69) is 25.2 Å². The summed E-state index contributed by atoms with van der Waals surface area (Å²) in [6.07, 6.45) is 6.02. The number of nitrogens with one attached hydrogen (secondary N) is 1. The van der Waals surface area contributed by atoms with Gasteiger partial charge in [-0.25, -0.2) is 0 Å². The predicted octanol–water partition coefficient (Wildman–Crippen LogP) is 7.02. The van der Waals surface area contributed by atoms with Gasteiger partial charge in [-0.1, -0.05) is 43.2 Å². The molecule has 0 spiro atoms. The first-order valence-electron chi connectivity index (χ1n) is 15.0. The Hall–Kier alpha value is -3.94. The fourth-order valence-electron chi connectivity index (χ4n) is 6.87. The summed E-state index contributed by atoms with van der Waals surface area (Å²) in [5, 5.41) is 12.7. The average Bonchev–Trinajstić information content (AvgIpc) is 3.72. The van der Waals surface area contributed by atoms with E-state index in [1.54, 1.807) is 6.07 Å². The summed E-state index contributed by atoms with van der Waals surface area (Å²) >= 11 is 0. The molecule has 2 saturated heterocycles. The van der Waals surface area contributed by atoms with Crippen LogP contribution in [0.25, 0.3) is 6.08 Å². The lowest BCUT2D eigenvalue weighted by Crippen LogP contribution is -2.34. The van der Waals surface area contributed by atoms with Crippen molar-refractivity contribution in [1.29, 1.82) is 0 Å². The Bertz CT molecular complexity index is 1500. The fourth-order valence-corrected chi connectivity index (χ4v) is 6.87. The molecule has 7 nitrogen and oxygen atoms in total. The Labute approximate surface area is 246 Å². The number of carbonyl (C=O) groups excluding carboxylic acids is 2. The van der Waals surface area contributed by atoms with Gasteiger partial charge in [-0.3, -0.25) is 14.5 Å². The largest absolute Gasteiger partial charge is 0.459 e. The van der Waals surface area contributed by atoms with Crippen LogP contribution >= 0.6 is 0 Å². The second-order valence-electron chi connectivity index (χ2n) is 11.4. The lowest BCUT2D eigenvalue weighted by Gasteiger charge is -2.31. The van der Waals surface area contributed by atoms with Crippen LogP contribution in [0.3, 0.4) is 0 Å². The minimum atomic E-state index is -0.379. The van der Waals surface area contributed by atoms with E-state index in [1.807, 2.05) is 60.7 Å². The standard InChI is InChI=1S/C35H38N2O5/c1-3-22(18-27-15-16-28(20-38)42-27)10-17-31-32-23(4-2)19-29-33(30(32)21-41-31)35(40)37(34(29)39)26-13-11-25(12-14-26)36-24-8-6-5-7-9-24/h5-9,11-16,18,29-31,33,36,38H,3-4,10,17,19-21H2,1-2H3/b22-18+/t29-,30+,31-,33-/m1/s1. The number of rotatable bonds is 10. The molecule has 42 heavy (non-hydrogen) atoms. The minimum Gasteiger partial charge on any atom is -0.459 e. The molecule has 2 fully saturated rings. The van der Waals surface area contributed by atoms with Gasteiger partial charge in [-0.2, -0.15) is 0 Å². The maximum Gasteiger partial charge on any atom is 0.238 e. The molecular weight excluding hydrogens is 528 g/mol. The fraction of sp³-hybridized carbons (Fsp3) is 0.371. The van der Waals surface area contributed by atoms with Crippen molar-refractivity contribution >= 4 is 35.0 Å². The van der Waals surface area contributed by atoms with Gasteiger partial charge in [0.2, 0.25) is 11.8 Å². The lowest BCUT2D eigenvalue weighted by atomic mass is 9.69. The molecule has 1 aliphatic carbocycles. The van der Waals surface area contributed by atoms with E-state index in [-0.39, 0.29) is 42.3 Å². The molecule has 2 aliphatic heterocycles. The molecule has 1 aromatic heterocycles. The van der Waals surface area contributed by atoms with E-state index in [9.17, 15) is 14.7 Å². The minimum absolute atomic E-state index is 0.0502. The van der Waals surface area contributed by atoms with E-state index in [0.717, 1.165) is 42.8 Å². The number of amides is 2. The molecule has 0 radical (unpaired) electrons. The van der Waals surface area contributed by atoms with Crippen LogP contribution in [0, 0.1) is 17.8 Å². The molecular formula is C35H38N2O5. The van der Waals surface area contributed by atoms with Crippen LogP contribution < -0.4 is 10.2 Å². The zero-order valence-electron chi connectivity index (χ0n) is 24.2. The number of hydrogen-bond acceptors (Lipinski definition) is 6. The second-order valence-corrected chi connectivity index (χ2v) is 11.4. The summed E-state index contributed by atoms with van der Waals surface area (Å²) in [4.78, 5) is 29.0. The van der Waals surface area contributed by atoms with Gasteiger partial charge in [0, 0.05) is 17.3 Å². The summed E-state index contributed by atoms with van der Waals surface area (Å²) < 4.78 is 12.0. The van der Waals surface area contributed by atoms with Gasteiger partial charge in [0.1, 0.15) is 18.1 Å². The highest BCUT2D eigenvalue weighted by Crippen LogP contribution is 2.51. The van der Waals surface area contributed by atoms with Crippen molar-refractivity contribution in [3.8, 4) is 0 Å². The van der Waals surface area contributed by atoms with Gasteiger partial charge in [-0.15, -0.1) is 0 Å². The molecule has 2 N–H and O–H groups in total. The summed E-state index contributed by atoms with van der Waals surface area (Å²) in [6.45, 7) is 4.63. The summed E-state index contributed by atoms with van der Waals surface area (Å²) in [5.41, 5.74) is 6.26. The number of aliphatic hydroxyl groups excluding tert-OH is 1. The molecule has 0 bridgehead atoms. The lowest BCUT2D eigenvalue weighted by molar-refractivity contribution is -0.122. The number of carbonyl (C=O) groups is 2. The van der Waals surface area contributed by atoms with Crippen LogP contribution in [0.1, 0.15) is 57.5 Å². The first kappa shape index (κ1) is 28.2. The van der Waals surface area contributed by atoms with Crippen LogP contribution in [0.5, 0.6) is 0 Å². The third-order valence-electron chi connectivity index (χ3n) is 8.99. The molecule has 218 valence electrons. The van der Waals surface area contributed by atoms with E-state index >= 15 is 0 Å². The maximum atomic E-state index is 13.9. The van der Waals surface area contributed by atoms with Crippen LogP contribution in [0.15, 0.2) is 87.9 Å². The number of ether oxygens (including phenoxy) is 1. The summed E-state index contributed by atoms with van der Waals surface area (Å²) in [5.74, 6) is 0.316. The zero-order chi connectivity index (χ0) is 29.2. The van der Waals surface area contributed by atoms with E-state index < -0.39 is 0 Å². The number of para-hydroxylation sites is 1. The Kier molecular flexibility index (Phi) is 8.13. The monoisotopic (exact) mass is 566 g/mol. The van der Waals surface area contributed by atoms with Crippen molar-refractivity contribution in [1.82, 2.24) is 0 Å². The van der Waals surface area contributed by atoms with Gasteiger partial charge in [0.25, 0.3) is 0 Å². The van der Waals surface area contributed by atoms with Gasteiger partial charge in [-0.05, 0) is 92.3 Å². The topological polar surface area (TPSA) is 92.0 Å². The number of imide groups is 1. The molecule has 2 aromatic carbocycles. The highest BCUT2D eigenvalue weighted by atomic mass is 16.5. The Morgan fingerprint density at radius 2 is 1.74 bits per heavy atom. The van der Waals surface area contributed by atoms with E-state index in [1.165, 1.54) is 21.6 Å². The average molecular weight is 567 g/mol. The van der Waals surface area contributed by atoms with Gasteiger partial charge in [0.15, 0.2) is 0 Å². The first-order chi connectivity index (χ1) is 20.5. The number of allylic oxidation sites excluding steroid dienone is 2. The molecule has 2 amide bonds. The van der Waals surface area contributed by atoms with Gasteiger partial charge >= 0.3 is 0 Å². The number of hydrogen-bond donors (Lipinski definition) is 2. The number of furan rings is 1. The number of anilines is 3. The Balaban J connectivity index is 1.17. The number of fused-ring (bicyclic) bond motifs is 3. The smallest absolute Gasteiger partial charge is 0.238 e. The van der Waals surface area contributed by atoms with Crippen molar-refractivity contribution < 1.29 is 23.8 Å². The normalized spacial score (nSPS) is 23.9. The van der Waals surface area contributed by atoms with Crippen molar-refractivity contribution in [2.75, 3.05) is 16.8 Å². The summed E-state index contributed by atoms with van der Waals surface area (Å²) in [6, 6.07) is 21.1. The van der Waals surface area contributed by atoms with Crippen molar-refractivity contribution in [2.45, 2.75) is 58.7 Å². The Morgan fingerprint density at radius 3 is 2.43 bits per heavy atom. The van der Waals surface area contributed by atoms with Crippen LogP contribution in [-0.2, 0) is 20.9 Å². The van der Waals surface area contributed by atoms with Crippen molar-refractivity contribution in [3.63, 3.8) is 0 Å². The van der Waals surface area contributed by atoms with Crippen LogP contribution in [0.4, 0.5) is 17.1 Å². The second kappa shape index (κ2) is 12.1. The van der Waals surface area contributed by atoms with Crippen LogP contribution in [0.2, 0.25) is 0 Å². The first-order valence-corrected chi connectivity index (χ1v) is 15.0. The molecule has 3 aromatic rings. The van der Waals surface area contributed by atoms with Gasteiger partial charge < -0.3 is 19.6 Å². The highest BCUT2D eigenvalue weighted by molar-refractivity contribution is 6.22. The quantitative estimate of drug-likeness (QED) is 0.202. The van der Waals surface area contributed by atoms with Crippen LogP contribution in [-0.4, -0.2) is 29.6 Å². The van der Waals surface area contributed by atoms with Crippen molar-refractivity contribution in [3.05, 3.63) is 95.0 Å². The molecule has 7 heteroatoms. The Morgan fingerprint density at radius 1 is 0.976 bits per heavy atom. The third kappa shape index (κ3) is 5.35. The zero-order valence-corrected chi connectivity index (χ0v) is 24.2. The number of nitrogens with zero attached hydrogens (tertiary/aromatic N) is 1. The molecule has 0 unspecified atom stereocenters. The van der Waals surface area contributed by atoms with Crippen molar-refractivity contribution in [2.24, 2.45) is 17.8 Å². The van der Waals surface area contributed by atoms with E-state index in [4.69, 9.17) is 9.15 Å².